The summed E-state index contributed by atoms with van der Waals surface area (Å²) in [4.78, 5) is 33.5. The molecule has 0 unspecified atom stereocenters. The lowest BCUT2D eigenvalue weighted by atomic mass is 9.76. The van der Waals surface area contributed by atoms with Crippen molar-refractivity contribution in [3.05, 3.63) is 52.8 Å². The van der Waals surface area contributed by atoms with Gasteiger partial charge in [0, 0.05) is 30.9 Å². The summed E-state index contributed by atoms with van der Waals surface area (Å²) < 4.78 is 37.3. The first kappa shape index (κ1) is 28.8. The third-order valence-corrected chi connectivity index (χ3v) is 6.68. The SMILES string of the molecule is COC[C@H](C(=O)N[C@H](CCOc1ccc(Cl)cc1F)B1OC(C)(C)C(C)(C)O1)c1nccnc1C(N)=O. The van der Waals surface area contributed by atoms with Crippen LogP contribution in [0.3, 0.4) is 0 Å². The Labute approximate surface area is 220 Å². The van der Waals surface area contributed by atoms with E-state index in [1.807, 2.05) is 27.7 Å². The summed E-state index contributed by atoms with van der Waals surface area (Å²) in [5.74, 6) is -3.63. The van der Waals surface area contributed by atoms with Gasteiger partial charge in [-0.1, -0.05) is 11.6 Å². The molecule has 1 fully saturated rings. The van der Waals surface area contributed by atoms with E-state index in [1.54, 1.807) is 0 Å². The second kappa shape index (κ2) is 11.7. The molecule has 13 heteroatoms. The molecular weight excluding hydrogens is 506 g/mol. The molecule has 10 nitrogen and oxygen atoms in total. The van der Waals surface area contributed by atoms with Gasteiger partial charge in [0.15, 0.2) is 11.6 Å². The molecule has 3 N–H and O–H groups in total. The van der Waals surface area contributed by atoms with Crippen LogP contribution in [0, 0.1) is 5.82 Å². The van der Waals surface area contributed by atoms with Crippen LogP contribution < -0.4 is 15.8 Å². The predicted octanol–water partition coefficient (Wildman–Crippen LogP) is 2.68. The summed E-state index contributed by atoms with van der Waals surface area (Å²) >= 11 is 5.81. The Bertz CT molecular complexity index is 1120. The Balaban J connectivity index is 1.83. The van der Waals surface area contributed by atoms with Crippen molar-refractivity contribution in [2.75, 3.05) is 20.3 Å². The minimum atomic E-state index is -0.999. The fraction of sp³-hybridized carbons (Fsp3) is 0.500. The number of amides is 2. The van der Waals surface area contributed by atoms with Crippen molar-refractivity contribution >= 4 is 30.5 Å². The molecule has 2 amide bonds. The minimum Gasteiger partial charge on any atom is -0.490 e. The van der Waals surface area contributed by atoms with Crippen molar-refractivity contribution in [3.63, 3.8) is 0 Å². The first-order valence-corrected chi connectivity index (χ1v) is 12.1. The Hall–Kier alpha value is -2.80. The average molecular weight is 537 g/mol. The summed E-state index contributed by atoms with van der Waals surface area (Å²) in [5.41, 5.74) is 4.06. The van der Waals surface area contributed by atoms with E-state index in [4.69, 9.17) is 36.1 Å². The zero-order valence-electron chi connectivity index (χ0n) is 21.4. The van der Waals surface area contributed by atoms with Crippen LogP contribution >= 0.6 is 11.6 Å². The van der Waals surface area contributed by atoms with Crippen molar-refractivity contribution < 1.29 is 32.8 Å². The number of nitrogens with two attached hydrogens (primary N) is 1. The summed E-state index contributed by atoms with van der Waals surface area (Å²) in [6.45, 7) is 7.49. The molecule has 2 aromatic rings. The third-order valence-electron chi connectivity index (χ3n) is 6.45. The number of primary amides is 1. The number of hydrogen-bond acceptors (Lipinski definition) is 8. The maximum Gasteiger partial charge on any atom is 0.481 e. The molecule has 2 heterocycles. The lowest BCUT2D eigenvalue weighted by Gasteiger charge is -2.32. The van der Waals surface area contributed by atoms with Crippen LogP contribution in [0.15, 0.2) is 30.6 Å². The number of nitrogens with one attached hydrogen (secondary N) is 1. The highest BCUT2D eigenvalue weighted by molar-refractivity contribution is 6.48. The smallest absolute Gasteiger partial charge is 0.481 e. The van der Waals surface area contributed by atoms with Gasteiger partial charge in [-0.3, -0.25) is 14.6 Å². The number of halogens is 2. The largest absolute Gasteiger partial charge is 0.490 e. The fourth-order valence-corrected chi connectivity index (χ4v) is 3.90. The van der Waals surface area contributed by atoms with Crippen molar-refractivity contribution in [1.29, 1.82) is 0 Å². The van der Waals surface area contributed by atoms with Crippen LogP contribution in [0.2, 0.25) is 5.02 Å². The van der Waals surface area contributed by atoms with E-state index in [0.717, 1.165) is 6.07 Å². The molecule has 0 radical (unpaired) electrons. The zero-order valence-corrected chi connectivity index (χ0v) is 22.2. The van der Waals surface area contributed by atoms with Crippen LogP contribution in [-0.4, -0.2) is 66.4 Å². The number of methoxy groups -OCH3 is 1. The minimum absolute atomic E-state index is 0.0197. The second-order valence-electron chi connectivity index (χ2n) is 9.61. The quantitative estimate of drug-likeness (QED) is 0.419. The molecule has 0 aliphatic carbocycles. The van der Waals surface area contributed by atoms with Crippen LogP contribution in [-0.2, 0) is 18.8 Å². The van der Waals surface area contributed by atoms with Crippen molar-refractivity contribution in [3.8, 4) is 5.75 Å². The molecule has 1 aliphatic heterocycles. The van der Waals surface area contributed by atoms with E-state index >= 15 is 0 Å². The van der Waals surface area contributed by atoms with Crippen LogP contribution in [0.4, 0.5) is 4.39 Å². The first-order valence-electron chi connectivity index (χ1n) is 11.7. The van der Waals surface area contributed by atoms with Crippen LogP contribution in [0.1, 0.15) is 56.2 Å². The molecule has 3 rings (SSSR count). The molecule has 1 aromatic carbocycles. The molecule has 1 aromatic heterocycles. The highest BCUT2D eigenvalue weighted by atomic mass is 35.5. The van der Waals surface area contributed by atoms with E-state index in [2.05, 4.69) is 15.3 Å². The summed E-state index contributed by atoms with van der Waals surface area (Å²) in [7, 11) is 0.578. The number of hydrogen-bond donors (Lipinski definition) is 2. The topological polar surface area (TPSA) is 135 Å². The standard InChI is InChI=1S/C24H31BClFN4O6/c1-23(2)24(3,4)37-25(36-23)18(8-11-35-17-7-6-14(26)12-16(17)27)31-22(33)15(13-34-5)19-20(21(28)32)30-10-9-29-19/h6-7,9-10,12,15,18H,8,11,13H2,1-5H3,(H2,28,32)(H,31,33)/t15-,18+/m0/s1. The number of benzene rings is 1. The van der Waals surface area contributed by atoms with Crippen LogP contribution in [0.5, 0.6) is 5.75 Å². The molecule has 37 heavy (non-hydrogen) atoms. The highest BCUT2D eigenvalue weighted by Gasteiger charge is 2.54. The number of ether oxygens (including phenoxy) is 2. The van der Waals surface area contributed by atoms with Gasteiger partial charge in [0.05, 0.1) is 36.1 Å². The predicted molar refractivity (Wildman–Crippen MR) is 135 cm³/mol. The van der Waals surface area contributed by atoms with Crippen molar-refractivity contribution in [2.24, 2.45) is 5.73 Å². The molecular formula is C24H31BClFN4O6. The van der Waals surface area contributed by atoms with E-state index < -0.39 is 47.8 Å². The number of nitrogens with zero attached hydrogens (tertiary/aromatic N) is 2. The van der Waals surface area contributed by atoms with Gasteiger partial charge in [-0.2, -0.15) is 0 Å². The van der Waals surface area contributed by atoms with Crippen LogP contribution in [0.25, 0.3) is 0 Å². The Kier molecular flexibility index (Phi) is 9.11. The summed E-state index contributed by atoms with van der Waals surface area (Å²) in [6, 6.07) is 4.09. The normalized spacial score (nSPS) is 17.8. The maximum absolute atomic E-state index is 14.2. The van der Waals surface area contributed by atoms with E-state index in [9.17, 15) is 14.0 Å². The van der Waals surface area contributed by atoms with Gasteiger partial charge >= 0.3 is 7.12 Å². The van der Waals surface area contributed by atoms with E-state index in [1.165, 1.54) is 31.6 Å². The monoisotopic (exact) mass is 536 g/mol. The lowest BCUT2D eigenvalue weighted by Crippen LogP contribution is -2.50. The average Bonchev–Trinajstić information content (AvgIpc) is 3.04. The summed E-state index contributed by atoms with van der Waals surface area (Å²) in [6.07, 6.45) is 2.87. The van der Waals surface area contributed by atoms with Gasteiger partial charge in [0.1, 0.15) is 11.6 Å². The number of aromatic nitrogens is 2. The number of rotatable bonds is 11. The van der Waals surface area contributed by atoms with Crippen molar-refractivity contribution in [2.45, 2.75) is 57.2 Å². The van der Waals surface area contributed by atoms with Gasteiger partial charge in [-0.15, -0.1) is 0 Å². The molecule has 0 bridgehead atoms. The van der Waals surface area contributed by atoms with Gasteiger partial charge < -0.3 is 29.8 Å². The second-order valence-corrected chi connectivity index (χ2v) is 10.1. The van der Waals surface area contributed by atoms with Crippen molar-refractivity contribution in [1.82, 2.24) is 15.3 Å². The van der Waals surface area contributed by atoms with Gasteiger partial charge in [-0.05, 0) is 45.9 Å². The molecule has 1 aliphatic rings. The molecule has 0 saturated carbocycles. The van der Waals surface area contributed by atoms with Gasteiger partial charge in [0.25, 0.3) is 5.91 Å². The molecule has 200 valence electrons. The molecule has 1 saturated heterocycles. The number of carbonyl (C=O) groups excluding carboxylic acids is 2. The van der Waals surface area contributed by atoms with E-state index in [-0.39, 0.29) is 41.8 Å². The van der Waals surface area contributed by atoms with Gasteiger partial charge in [-0.25, -0.2) is 9.37 Å². The Morgan fingerprint density at radius 3 is 2.43 bits per heavy atom. The lowest BCUT2D eigenvalue weighted by molar-refractivity contribution is -0.124. The third kappa shape index (κ3) is 6.75. The highest BCUT2D eigenvalue weighted by Crippen LogP contribution is 2.38. The Morgan fingerprint density at radius 1 is 1.19 bits per heavy atom. The summed E-state index contributed by atoms with van der Waals surface area (Å²) in [5, 5.41) is 3.16. The molecule has 2 atom stereocenters. The number of carbonyl (C=O) groups is 2. The zero-order chi connectivity index (χ0) is 27.4. The molecule has 0 spiro atoms. The Morgan fingerprint density at radius 2 is 1.84 bits per heavy atom. The maximum atomic E-state index is 14.2. The van der Waals surface area contributed by atoms with E-state index in [0.29, 0.717) is 0 Å². The van der Waals surface area contributed by atoms with Gasteiger partial charge in [0.2, 0.25) is 5.91 Å². The first-order chi connectivity index (χ1) is 17.4. The fourth-order valence-electron chi connectivity index (χ4n) is 3.74.